The number of methoxy groups -OCH3 is 2. The highest BCUT2D eigenvalue weighted by molar-refractivity contribution is 5.89. The molecule has 6 nitrogen and oxygen atoms in total. The van der Waals surface area contributed by atoms with Crippen LogP contribution in [0, 0.1) is 5.92 Å². The van der Waals surface area contributed by atoms with Crippen molar-refractivity contribution >= 4 is 11.8 Å². The zero-order chi connectivity index (χ0) is 20.4. The van der Waals surface area contributed by atoms with E-state index in [2.05, 4.69) is 5.32 Å². The number of hydrogen-bond acceptors (Lipinski definition) is 4. The Morgan fingerprint density at radius 2 is 1.86 bits per heavy atom. The van der Waals surface area contributed by atoms with Gasteiger partial charge in [-0.15, -0.1) is 0 Å². The second kappa shape index (κ2) is 8.15. The summed E-state index contributed by atoms with van der Waals surface area (Å²) in [4.78, 5) is 27.1. The fraction of sp³-hybridized carbons (Fsp3) is 0.391. The van der Waals surface area contributed by atoms with Crippen LogP contribution in [-0.2, 0) is 22.6 Å². The van der Waals surface area contributed by atoms with Crippen LogP contribution in [0.4, 0.5) is 0 Å². The molecule has 2 atom stereocenters. The lowest BCUT2D eigenvalue weighted by atomic mass is 10.0. The smallest absolute Gasteiger partial charge is 0.225 e. The van der Waals surface area contributed by atoms with Crippen molar-refractivity contribution in [2.45, 2.75) is 31.8 Å². The van der Waals surface area contributed by atoms with Gasteiger partial charge in [0.15, 0.2) is 11.5 Å². The van der Waals surface area contributed by atoms with Crippen molar-refractivity contribution in [1.82, 2.24) is 10.2 Å². The van der Waals surface area contributed by atoms with Crippen LogP contribution in [-0.4, -0.2) is 37.5 Å². The topological polar surface area (TPSA) is 67.9 Å². The summed E-state index contributed by atoms with van der Waals surface area (Å²) in [6.07, 6.45) is 1.99. The third-order valence-corrected chi connectivity index (χ3v) is 5.84. The minimum atomic E-state index is -0.310. The molecule has 1 fully saturated rings. The molecular formula is C23H26N2O4. The first-order chi connectivity index (χ1) is 14.1. The van der Waals surface area contributed by atoms with Crippen molar-refractivity contribution in [3.63, 3.8) is 0 Å². The van der Waals surface area contributed by atoms with Crippen molar-refractivity contribution in [2.24, 2.45) is 5.92 Å². The van der Waals surface area contributed by atoms with Crippen LogP contribution in [0.1, 0.15) is 35.6 Å². The molecule has 2 aromatic rings. The van der Waals surface area contributed by atoms with E-state index < -0.39 is 0 Å². The normalized spacial score (nSPS) is 20.5. The minimum Gasteiger partial charge on any atom is -0.493 e. The van der Waals surface area contributed by atoms with E-state index in [0.717, 1.165) is 24.0 Å². The molecular weight excluding hydrogens is 368 g/mol. The Hall–Kier alpha value is -3.02. The lowest BCUT2D eigenvalue weighted by Crippen LogP contribution is -2.34. The standard InChI is InChI=1S/C23H26N2O4/c1-28-20-10-16-8-9-19(18(16)12-21(20)29-2)24-23(27)17-11-22(26)25(14-17)13-15-6-4-3-5-7-15/h3-7,10,12,17,19H,8-9,11,13-14H2,1-2H3,(H,24,27). The maximum atomic E-state index is 12.9. The van der Waals surface area contributed by atoms with Crippen LogP contribution >= 0.6 is 0 Å². The molecule has 1 aliphatic heterocycles. The van der Waals surface area contributed by atoms with Gasteiger partial charge >= 0.3 is 0 Å². The molecule has 0 saturated carbocycles. The second-order valence-electron chi connectivity index (χ2n) is 7.67. The van der Waals surface area contributed by atoms with E-state index in [4.69, 9.17) is 9.47 Å². The second-order valence-corrected chi connectivity index (χ2v) is 7.67. The van der Waals surface area contributed by atoms with Gasteiger partial charge in [-0.2, -0.15) is 0 Å². The van der Waals surface area contributed by atoms with Crippen molar-refractivity contribution in [2.75, 3.05) is 20.8 Å². The number of amides is 2. The molecule has 152 valence electrons. The molecule has 29 heavy (non-hydrogen) atoms. The minimum absolute atomic E-state index is 0.0345. The van der Waals surface area contributed by atoms with Gasteiger partial charge in [-0.1, -0.05) is 30.3 Å². The predicted molar refractivity (Wildman–Crippen MR) is 109 cm³/mol. The number of benzene rings is 2. The van der Waals surface area contributed by atoms with Gasteiger partial charge in [0.25, 0.3) is 0 Å². The number of nitrogens with zero attached hydrogens (tertiary/aromatic N) is 1. The highest BCUT2D eigenvalue weighted by Gasteiger charge is 2.36. The quantitative estimate of drug-likeness (QED) is 0.818. The number of carbonyl (C=O) groups is 2. The van der Waals surface area contributed by atoms with Crippen molar-refractivity contribution in [1.29, 1.82) is 0 Å². The molecule has 2 amide bonds. The molecule has 4 rings (SSSR count). The first-order valence-corrected chi connectivity index (χ1v) is 9.96. The van der Waals surface area contributed by atoms with Crippen LogP contribution < -0.4 is 14.8 Å². The summed E-state index contributed by atoms with van der Waals surface area (Å²) >= 11 is 0. The monoisotopic (exact) mass is 394 g/mol. The van der Waals surface area contributed by atoms with E-state index in [-0.39, 0.29) is 30.2 Å². The van der Waals surface area contributed by atoms with Crippen LogP contribution in [0.25, 0.3) is 0 Å². The van der Waals surface area contributed by atoms with Crippen molar-refractivity contribution in [3.8, 4) is 11.5 Å². The maximum absolute atomic E-state index is 12.9. The Morgan fingerprint density at radius 1 is 1.14 bits per heavy atom. The van der Waals surface area contributed by atoms with Gasteiger partial charge in [0.1, 0.15) is 0 Å². The number of rotatable bonds is 6. The molecule has 1 saturated heterocycles. The summed E-state index contributed by atoms with van der Waals surface area (Å²) in [6, 6.07) is 13.7. The van der Waals surface area contributed by atoms with E-state index in [9.17, 15) is 9.59 Å². The Kier molecular flexibility index (Phi) is 5.43. The molecule has 0 spiro atoms. The van der Waals surface area contributed by atoms with Crippen molar-refractivity contribution < 1.29 is 19.1 Å². The Labute approximate surface area is 170 Å². The van der Waals surface area contributed by atoms with Crippen molar-refractivity contribution in [3.05, 3.63) is 59.2 Å². The van der Waals surface area contributed by atoms with Gasteiger partial charge in [-0.3, -0.25) is 9.59 Å². The van der Waals surface area contributed by atoms with E-state index in [1.165, 1.54) is 5.56 Å². The number of carbonyl (C=O) groups excluding carboxylic acids is 2. The average molecular weight is 394 g/mol. The molecule has 2 aromatic carbocycles. The average Bonchev–Trinajstić information content (AvgIpc) is 3.30. The van der Waals surface area contributed by atoms with Gasteiger partial charge in [0, 0.05) is 19.5 Å². The zero-order valence-corrected chi connectivity index (χ0v) is 16.8. The summed E-state index contributed by atoms with van der Waals surface area (Å²) in [5.41, 5.74) is 3.32. The van der Waals surface area contributed by atoms with Gasteiger partial charge in [-0.05, 0) is 41.7 Å². The molecule has 2 unspecified atom stereocenters. The van der Waals surface area contributed by atoms with E-state index in [1.807, 2.05) is 42.5 Å². The molecule has 6 heteroatoms. The highest BCUT2D eigenvalue weighted by atomic mass is 16.5. The number of ether oxygens (including phenoxy) is 2. The maximum Gasteiger partial charge on any atom is 0.225 e. The molecule has 2 aliphatic rings. The summed E-state index contributed by atoms with van der Waals surface area (Å²) in [6.45, 7) is 1.01. The first-order valence-electron chi connectivity index (χ1n) is 9.96. The molecule has 0 radical (unpaired) electrons. The number of likely N-dealkylation sites (tertiary alicyclic amines) is 1. The third-order valence-electron chi connectivity index (χ3n) is 5.84. The van der Waals surface area contributed by atoms with Crippen LogP contribution in [0.3, 0.4) is 0 Å². The van der Waals surface area contributed by atoms with Gasteiger partial charge in [0.2, 0.25) is 11.8 Å². The van der Waals surface area contributed by atoms with Crippen LogP contribution in [0.15, 0.2) is 42.5 Å². The SMILES string of the molecule is COc1cc2c(cc1OC)C(NC(=O)C1CC(=O)N(Cc3ccccc3)C1)CC2. The lowest BCUT2D eigenvalue weighted by Gasteiger charge is -2.19. The molecule has 1 heterocycles. The van der Waals surface area contributed by atoms with Gasteiger partial charge in [0.05, 0.1) is 26.2 Å². The largest absolute Gasteiger partial charge is 0.493 e. The molecule has 1 aliphatic carbocycles. The fourth-order valence-electron chi connectivity index (χ4n) is 4.28. The Morgan fingerprint density at radius 3 is 2.59 bits per heavy atom. The van der Waals surface area contributed by atoms with E-state index in [1.54, 1.807) is 19.1 Å². The van der Waals surface area contributed by atoms with E-state index in [0.29, 0.717) is 24.6 Å². The fourth-order valence-corrected chi connectivity index (χ4v) is 4.28. The number of fused-ring (bicyclic) bond motifs is 1. The van der Waals surface area contributed by atoms with Gasteiger partial charge < -0.3 is 19.7 Å². The highest BCUT2D eigenvalue weighted by Crippen LogP contribution is 2.39. The van der Waals surface area contributed by atoms with Crippen LogP contribution in [0.5, 0.6) is 11.5 Å². The predicted octanol–water partition coefficient (Wildman–Crippen LogP) is 2.86. The summed E-state index contributed by atoms with van der Waals surface area (Å²) < 4.78 is 10.8. The molecule has 0 aromatic heterocycles. The third kappa shape index (κ3) is 3.92. The Bertz CT molecular complexity index is 913. The van der Waals surface area contributed by atoms with E-state index >= 15 is 0 Å². The summed E-state index contributed by atoms with van der Waals surface area (Å²) in [5, 5.41) is 3.16. The van der Waals surface area contributed by atoms with Gasteiger partial charge in [-0.25, -0.2) is 0 Å². The summed E-state index contributed by atoms with van der Waals surface area (Å²) in [5.74, 6) is 1.04. The Balaban J connectivity index is 1.42. The lowest BCUT2D eigenvalue weighted by molar-refractivity contribution is -0.129. The number of nitrogens with one attached hydrogen (secondary N) is 1. The first kappa shape index (κ1) is 19.3. The molecule has 0 bridgehead atoms. The van der Waals surface area contributed by atoms with Crippen LogP contribution in [0.2, 0.25) is 0 Å². The zero-order valence-electron chi connectivity index (χ0n) is 16.8. The summed E-state index contributed by atoms with van der Waals surface area (Å²) in [7, 11) is 3.23. The molecule has 1 N–H and O–H groups in total. The number of aryl methyl sites for hydroxylation is 1. The number of hydrogen-bond donors (Lipinski definition) is 1.